The van der Waals surface area contributed by atoms with Crippen LogP contribution in [0.5, 0.6) is 0 Å². The number of hydrogen-bond acceptors (Lipinski definition) is 9. The Morgan fingerprint density at radius 1 is 0.575 bits per heavy atom. The number of carboxylic acids is 2. The molecule has 4 aromatic heterocycles. The Morgan fingerprint density at radius 3 is 1.38 bits per heavy atom. The van der Waals surface area contributed by atoms with Crippen molar-refractivity contribution < 1.29 is 67.7 Å². The number of rotatable bonds is 12. The van der Waals surface area contributed by atoms with E-state index in [4.69, 9.17) is 5.11 Å². The molecule has 4 aliphatic carbocycles. The Balaban J connectivity index is 0.000000165. The van der Waals surface area contributed by atoms with Crippen LogP contribution in [0, 0.1) is 23.5 Å². The molecule has 0 spiro atoms. The number of aliphatic carboxylic acids is 2. The van der Waals surface area contributed by atoms with Crippen molar-refractivity contribution in [1.82, 2.24) is 29.7 Å². The van der Waals surface area contributed by atoms with Crippen molar-refractivity contribution in [2.75, 3.05) is 0 Å². The Hall–Kier alpha value is -7.66. The summed E-state index contributed by atoms with van der Waals surface area (Å²) in [6.07, 6.45) is 10.6. The average molecular weight is 989 g/mol. The topological polar surface area (TPSA) is 205 Å². The summed E-state index contributed by atoms with van der Waals surface area (Å²) >= 11 is 0. The van der Waals surface area contributed by atoms with Gasteiger partial charge in [-0.3, -0.25) is 24.0 Å². The zero-order valence-corrected chi connectivity index (χ0v) is 41.3. The summed E-state index contributed by atoms with van der Waals surface area (Å²) in [5.74, 6) is -5.56. The van der Waals surface area contributed by atoms with Crippen LogP contribution >= 0.6 is 0 Å². The first-order valence-corrected chi connectivity index (χ1v) is 23.7. The maximum absolute atomic E-state index is 14.9. The molecule has 17 heteroatoms. The molecule has 3 N–H and O–H groups in total. The van der Waals surface area contributed by atoms with Crippen LogP contribution in [0.1, 0.15) is 82.2 Å². The van der Waals surface area contributed by atoms with Gasteiger partial charge in [-0.2, -0.15) is 0 Å². The van der Waals surface area contributed by atoms with Crippen molar-refractivity contribution in [3.8, 4) is 33.6 Å². The molecule has 4 atom stereocenters. The quantitative estimate of drug-likeness (QED) is 0.149. The summed E-state index contributed by atoms with van der Waals surface area (Å²) in [7, 11) is 0. The van der Waals surface area contributed by atoms with E-state index >= 15 is 0 Å². The number of aromatic nitrogens is 4. The number of amides is 2. The number of pyridine rings is 4. The van der Waals surface area contributed by atoms with Crippen LogP contribution in [0.25, 0.3) is 55.7 Å². The maximum Gasteiger partial charge on any atom is 1.00 e. The molecule has 4 aliphatic rings. The Labute approximate surface area is 437 Å². The zero-order valence-electron chi connectivity index (χ0n) is 39.3. The van der Waals surface area contributed by atoms with Crippen LogP contribution in [0.3, 0.4) is 0 Å². The molecular formula is C56H43F2N6NaO8. The number of benzene rings is 4. The van der Waals surface area contributed by atoms with Crippen LogP contribution < -0.4 is 56.2 Å². The summed E-state index contributed by atoms with van der Waals surface area (Å²) in [6, 6.07) is 31.1. The van der Waals surface area contributed by atoms with E-state index in [1.165, 1.54) is 24.5 Å². The fraction of sp³-hybridized carbons (Fsp3) is 0.214. The van der Waals surface area contributed by atoms with Gasteiger partial charge in [0.05, 0.1) is 16.7 Å². The van der Waals surface area contributed by atoms with E-state index in [9.17, 15) is 42.7 Å². The van der Waals surface area contributed by atoms with Crippen molar-refractivity contribution >= 4 is 45.8 Å². The van der Waals surface area contributed by atoms with Gasteiger partial charge >= 0.3 is 35.5 Å². The molecule has 0 saturated heterocycles. The zero-order chi connectivity index (χ0) is 49.9. The largest absolute Gasteiger partial charge is 1.00 e. The van der Waals surface area contributed by atoms with Crippen molar-refractivity contribution in [2.45, 2.75) is 62.4 Å². The molecule has 8 aromatic rings. The number of hydrogen-bond donors (Lipinski definition) is 3. The van der Waals surface area contributed by atoms with E-state index in [-0.39, 0.29) is 75.5 Å². The number of fused-ring (bicyclic) bond motifs is 2. The molecule has 2 amide bonds. The first-order valence-electron chi connectivity index (χ1n) is 23.7. The third kappa shape index (κ3) is 9.97. The second kappa shape index (κ2) is 19.7. The average Bonchev–Trinajstić information content (AvgIpc) is 4.14. The van der Waals surface area contributed by atoms with Crippen molar-refractivity contribution in [1.29, 1.82) is 0 Å². The van der Waals surface area contributed by atoms with E-state index in [2.05, 4.69) is 20.6 Å². The number of carbonyl (C=O) groups excluding carboxylic acids is 3. The fourth-order valence-corrected chi connectivity index (χ4v) is 9.32. The normalized spacial score (nSPS) is 18.4. The van der Waals surface area contributed by atoms with E-state index in [1.807, 2.05) is 42.5 Å². The summed E-state index contributed by atoms with van der Waals surface area (Å²) in [5.41, 5.74) is 4.97. The third-order valence-electron chi connectivity index (χ3n) is 13.8. The number of nitrogens with one attached hydrogen (secondary N) is 2. The van der Waals surface area contributed by atoms with Crippen LogP contribution in [0.15, 0.2) is 144 Å². The van der Waals surface area contributed by atoms with E-state index in [1.54, 1.807) is 76.1 Å². The van der Waals surface area contributed by atoms with Crippen LogP contribution in [-0.4, -0.2) is 60.0 Å². The number of carboxylic acid groups (broad SMARTS) is 2. The predicted octanol–water partition coefficient (Wildman–Crippen LogP) is 4.21. The van der Waals surface area contributed by atoms with E-state index in [0.717, 1.165) is 36.8 Å². The van der Waals surface area contributed by atoms with Gasteiger partial charge in [0.15, 0.2) is 0 Å². The smallest absolute Gasteiger partial charge is 0.550 e. The third-order valence-corrected chi connectivity index (χ3v) is 13.8. The number of carbonyl (C=O) groups is 4. The minimum absolute atomic E-state index is 0. The Bertz CT molecular complexity index is 3460. The fourth-order valence-electron chi connectivity index (χ4n) is 9.32. The van der Waals surface area contributed by atoms with Gasteiger partial charge in [-0.15, -0.1) is 0 Å². The first kappa shape index (κ1) is 48.9. The Kier molecular flexibility index (Phi) is 13.2. The first-order chi connectivity index (χ1) is 34.8. The summed E-state index contributed by atoms with van der Waals surface area (Å²) in [5, 5.41) is 26.6. The van der Waals surface area contributed by atoms with Gasteiger partial charge in [-0.1, -0.05) is 48.5 Å². The molecule has 12 rings (SSSR count). The molecule has 4 saturated carbocycles. The van der Waals surface area contributed by atoms with Gasteiger partial charge in [0, 0.05) is 66.1 Å². The number of halogens is 2. The number of nitrogens with zero attached hydrogens (tertiary/aromatic N) is 4. The van der Waals surface area contributed by atoms with Crippen LogP contribution in [-0.2, 0) is 9.59 Å². The van der Waals surface area contributed by atoms with E-state index in [0.29, 0.717) is 68.5 Å². The molecule has 0 aliphatic heterocycles. The molecule has 4 fully saturated rings. The van der Waals surface area contributed by atoms with Gasteiger partial charge in [-0.05, 0) is 138 Å². The maximum atomic E-state index is 14.9. The van der Waals surface area contributed by atoms with Gasteiger partial charge in [0.2, 0.25) is 10.9 Å². The van der Waals surface area contributed by atoms with Crippen molar-refractivity contribution in [3.63, 3.8) is 0 Å². The minimum atomic E-state index is -1.15. The molecule has 73 heavy (non-hydrogen) atoms. The van der Waals surface area contributed by atoms with Crippen molar-refractivity contribution in [3.05, 3.63) is 188 Å². The molecule has 4 heterocycles. The molecule has 360 valence electrons. The SMILES string of the molecule is O=C(NC1CC1)c1cn(-c2cccc(-c3ccc([C@@H]4C[C@H]4C(=O)O)c(F)c3)c2)c2ncccc2c1=O.O=C(NC1CC1)c1cn(-c2cccc(-c3ccc([C@@H]4C[C@H]4C(=O)[O-])c(F)c3)c2)c2ncccc2c1=O.[Na+]. The Morgan fingerprint density at radius 2 is 1.00 bits per heavy atom. The van der Waals surface area contributed by atoms with Gasteiger partial charge in [0.1, 0.15) is 34.1 Å². The second-order valence-electron chi connectivity index (χ2n) is 18.9. The summed E-state index contributed by atoms with van der Waals surface area (Å²) in [4.78, 5) is 82.7. The van der Waals surface area contributed by atoms with Crippen LogP contribution in [0.2, 0.25) is 0 Å². The molecule has 14 nitrogen and oxygen atoms in total. The van der Waals surface area contributed by atoms with E-state index < -0.39 is 47.2 Å². The molecule has 0 bridgehead atoms. The minimum Gasteiger partial charge on any atom is -0.550 e. The second-order valence-corrected chi connectivity index (χ2v) is 18.9. The standard InChI is InChI=1S/2C28H22FN3O4.Na/c2*29-24-12-16(6-9-19(24)21-13-22(21)28(35)36)15-3-1-4-18(11-15)32-14-23(27(34)31-17-7-8-17)25(33)20-5-2-10-30-26(20)32;/h2*1-6,9-12,14,17,21-22H,7-8,13H2,(H,31,34)(H,35,36);/q;;+1/p-1/t2*21-,22+;/m00./s1. The summed E-state index contributed by atoms with van der Waals surface area (Å²) < 4.78 is 33.2. The van der Waals surface area contributed by atoms with Crippen molar-refractivity contribution in [2.24, 2.45) is 11.8 Å². The molecule has 0 unspecified atom stereocenters. The van der Waals surface area contributed by atoms with Gasteiger partial charge in [0.25, 0.3) is 11.8 Å². The predicted molar refractivity (Wildman–Crippen MR) is 261 cm³/mol. The molecular weight excluding hydrogens is 946 g/mol. The van der Waals surface area contributed by atoms with Gasteiger partial charge < -0.3 is 34.8 Å². The monoisotopic (exact) mass is 988 g/mol. The molecule has 4 aromatic carbocycles. The van der Waals surface area contributed by atoms with Crippen LogP contribution in [0.4, 0.5) is 8.78 Å². The molecule has 0 radical (unpaired) electrons. The van der Waals surface area contributed by atoms with Gasteiger partial charge in [-0.25, -0.2) is 18.7 Å². The summed E-state index contributed by atoms with van der Waals surface area (Å²) in [6.45, 7) is 0.